The van der Waals surface area contributed by atoms with Gasteiger partial charge in [-0.2, -0.15) is 0 Å². The fourth-order valence-corrected chi connectivity index (χ4v) is 6.79. The summed E-state index contributed by atoms with van der Waals surface area (Å²) in [6.45, 7) is 3.43. The van der Waals surface area contributed by atoms with Crippen LogP contribution in [0.4, 0.5) is 0 Å². The zero-order valence-electron chi connectivity index (χ0n) is 34.7. The Bertz CT molecular complexity index is 1590. The summed E-state index contributed by atoms with van der Waals surface area (Å²) < 4.78 is 0. The molecule has 0 unspecified atom stereocenters. The molecule has 0 bridgehead atoms. The van der Waals surface area contributed by atoms with E-state index in [9.17, 15) is 38.4 Å². The van der Waals surface area contributed by atoms with E-state index in [1.165, 1.54) is 24.3 Å². The van der Waals surface area contributed by atoms with Crippen LogP contribution in [-0.2, 0) is 0 Å². The van der Waals surface area contributed by atoms with Crippen molar-refractivity contribution in [1.82, 2.24) is 62.1 Å². The van der Waals surface area contributed by atoms with E-state index in [4.69, 9.17) is 0 Å². The molecule has 324 valence electrons. The average molecular weight is 833 g/mol. The predicted molar refractivity (Wildman–Crippen MR) is 222 cm³/mol. The number of likely N-dealkylation sites (N-methyl/N-ethyl adjacent to an activating group) is 4. The van der Waals surface area contributed by atoms with Gasteiger partial charge in [0.25, 0.3) is 47.3 Å². The second kappa shape index (κ2) is 21.3. The summed E-state index contributed by atoms with van der Waals surface area (Å²) in [6, 6.07) is 5.07. The summed E-state index contributed by atoms with van der Waals surface area (Å²) in [6.07, 6.45) is 0. The monoisotopic (exact) mass is 832 g/mol. The van der Waals surface area contributed by atoms with Gasteiger partial charge in [-0.15, -0.1) is 0 Å². The maximum Gasteiger partial charge on any atom is 0.252 e. The van der Waals surface area contributed by atoms with Crippen molar-refractivity contribution in [2.24, 2.45) is 0 Å². The lowest BCUT2D eigenvalue weighted by atomic mass is 9.95. The number of amides is 8. The molecule has 2 aromatic carbocycles. The van der Waals surface area contributed by atoms with Crippen molar-refractivity contribution in [2.75, 3.05) is 133 Å². The summed E-state index contributed by atoms with van der Waals surface area (Å²) in [4.78, 5) is 118. The summed E-state index contributed by atoms with van der Waals surface area (Å²) in [5.74, 6) is -5.03. The average Bonchev–Trinajstić information content (AvgIpc) is 3.21. The van der Waals surface area contributed by atoms with Crippen LogP contribution in [0.3, 0.4) is 0 Å². The Kier molecular flexibility index (Phi) is 16.1. The van der Waals surface area contributed by atoms with E-state index in [-0.39, 0.29) is 96.9 Å². The number of rotatable bonds is 0. The van der Waals surface area contributed by atoms with Crippen molar-refractivity contribution in [3.63, 3.8) is 0 Å². The Hall–Kier alpha value is -5.96. The van der Waals surface area contributed by atoms with Crippen LogP contribution >= 0.6 is 0 Å². The first-order chi connectivity index (χ1) is 28.7. The van der Waals surface area contributed by atoms with Gasteiger partial charge in [-0.3, -0.25) is 38.4 Å². The van der Waals surface area contributed by atoms with Crippen molar-refractivity contribution in [3.05, 3.63) is 68.8 Å². The smallest absolute Gasteiger partial charge is 0.252 e. The van der Waals surface area contributed by atoms with E-state index < -0.39 is 47.3 Å². The Labute approximate surface area is 348 Å². The van der Waals surface area contributed by atoms with Crippen LogP contribution in [0.15, 0.2) is 24.3 Å². The lowest BCUT2D eigenvalue weighted by molar-refractivity contribution is 0.0897. The number of nitrogens with one attached hydrogen (secondary N) is 8. The quantitative estimate of drug-likeness (QED) is 0.132. The summed E-state index contributed by atoms with van der Waals surface area (Å²) in [7, 11) is 7.08. The number of benzene rings is 2. The van der Waals surface area contributed by atoms with Gasteiger partial charge in [-0.05, 0) is 52.5 Å². The molecule has 0 radical (unpaired) electrons. The molecular weight excluding hydrogens is 777 g/mol. The first-order valence-electron chi connectivity index (χ1n) is 20.1. The molecule has 0 saturated carbocycles. The molecule has 60 heavy (non-hydrogen) atoms. The molecule has 4 rings (SSSR count). The lowest BCUT2D eigenvalue weighted by Crippen LogP contribution is -2.42. The van der Waals surface area contributed by atoms with Crippen molar-refractivity contribution in [2.45, 2.75) is 0 Å². The van der Waals surface area contributed by atoms with Crippen LogP contribution < -0.4 is 42.5 Å². The SMILES string of the molecule is CN1CCNC(=O)c2cc3c4cc2C(=O)NCCN(C)CCNC(=O)c2cc(c(cc2C(=O)NCC1)C(=O)NCCN(C)CCNC3=O)C(=O)NCCN(C)CCNC4=O. The van der Waals surface area contributed by atoms with Gasteiger partial charge in [0.05, 0.1) is 44.5 Å². The topological polar surface area (TPSA) is 246 Å². The highest BCUT2D eigenvalue weighted by Gasteiger charge is 2.28. The normalized spacial score (nSPS) is 20.3. The van der Waals surface area contributed by atoms with Crippen molar-refractivity contribution in [3.8, 4) is 0 Å². The molecule has 20 heteroatoms. The highest BCUT2D eigenvalue weighted by molar-refractivity contribution is 6.15. The molecule has 2 heterocycles. The van der Waals surface area contributed by atoms with Gasteiger partial charge in [0.2, 0.25) is 0 Å². The first kappa shape index (κ1) is 45.1. The zero-order chi connectivity index (χ0) is 43.3. The van der Waals surface area contributed by atoms with Crippen LogP contribution in [0, 0.1) is 0 Å². The molecule has 0 fully saturated rings. The molecule has 0 saturated heterocycles. The summed E-state index contributed by atoms with van der Waals surface area (Å²) in [5.41, 5.74) is -0.822. The lowest BCUT2D eigenvalue weighted by Gasteiger charge is -2.22. The van der Waals surface area contributed by atoms with Gasteiger partial charge in [0.15, 0.2) is 0 Å². The number of carbonyl (C=O) groups is 8. The minimum atomic E-state index is -0.629. The largest absolute Gasteiger partial charge is 0.351 e. The molecular formula is C40H56N12O8. The number of hydrogen-bond acceptors (Lipinski definition) is 12. The third-order valence-corrected chi connectivity index (χ3v) is 10.5. The van der Waals surface area contributed by atoms with Gasteiger partial charge in [0, 0.05) is 105 Å². The van der Waals surface area contributed by atoms with E-state index >= 15 is 0 Å². The van der Waals surface area contributed by atoms with E-state index in [0.29, 0.717) is 52.4 Å². The van der Waals surface area contributed by atoms with Gasteiger partial charge in [-0.25, -0.2) is 0 Å². The third-order valence-electron chi connectivity index (χ3n) is 10.5. The molecule has 2 aliphatic rings. The zero-order valence-corrected chi connectivity index (χ0v) is 34.7. The Morgan fingerprint density at radius 1 is 0.267 bits per heavy atom. The van der Waals surface area contributed by atoms with Crippen LogP contribution in [-0.4, -0.2) is 200 Å². The highest BCUT2D eigenvalue weighted by Crippen LogP contribution is 2.21. The fourth-order valence-electron chi connectivity index (χ4n) is 6.79. The van der Waals surface area contributed by atoms with E-state index in [1.54, 1.807) is 28.2 Å². The maximum absolute atomic E-state index is 13.9. The molecule has 2 aromatic rings. The molecule has 0 atom stereocenters. The van der Waals surface area contributed by atoms with Crippen LogP contribution in [0.2, 0.25) is 0 Å². The van der Waals surface area contributed by atoms with Gasteiger partial charge >= 0.3 is 0 Å². The number of fused-ring (bicyclic) bond motifs is 4. The maximum atomic E-state index is 13.9. The molecule has 8 amide bonds. The van der Waals surface area contributed by atoms with E-state index in [2.05, 4.69) is 42.5 Å². The van der Waals surface area contributed by atoms with Gasteiger partial charge < -0.3 is 62.1 Å². The molecule has 8 N–H and O–H groups in total. The third kappa shape index (κ3) is 12.1. The van der Waals surface area contributed by atoms with E-state index in [1.807, 2.05) is 19.6 Å². The highest BCUT2D eigenvalue weighted by atomic mass is 16.2. The van der Waals surface area contributed by atoms with E-state index in [0.717, 1.165) is 0 Å². The van der Waals surface area contributed by atoms with Crippen LogP contribution in [0.1, 0.15) is 82.9 Å². The number of nitrogens with zero attached hydrogens (tertiary/aromatic N) is 4. The second-order valence-corrected chi connectivity index (χ2v) is 15.1. The van der Waals surface area contributed by atoms with Crippen LogP contribution in [0.5, 0.6) is 0 Å². The fraction of sp³-hybridized carbons (Fsp3) is 0.500. The summed E-state index contributed by atoms with van der Waals surface area (Å²) in [5, 5.41) is 22.6. The molecule has 0 aromatic heterocycles. The standard InChI is InChI=1S/C40H56N12O8/c1-49-13-5-41-33(53)25-21-29-31-23-27(25)35(55)43-7-15-50(2)16-8-44-36(56)28-24-32(40(60)48-12-20-52(4)19-11-47-39(31)59)30(22-26(28)34(54)42-6-14-49)38(58)46-10-18-51(3)17-9-45-37(29)57/h21-24H,5-20H2,1-4H3,(H,41,53)(H,42,54)(H,43,55)(H,44,56)(H,45,57)(H,46,58)(H,47,59)(H,48,60). The number of hydrogen-bond donors (Lipinski definition) is 8. The van der Waals surface area contributed by atoms with Gasteiger partial charge in [0.1, 0.15) is 0 Å². The Morgan fingerprint density at radius 2 is 0.383 bits per heavy atom. The Morgan fingerprint density at radius 3 is 0.500 bits per heavy atom. The minimum absolute atomic E-state index is 0.103. The molecule has 20 nitrogen and oxygen atoms in total. The van der Waals surface area contributed by atoms with Gasteiger partial charge in [-0.1, -0.05) is 0 Å². The molecule has 0 aliphatic carbocycles. The molecule has 0 spiro atoms. The molecule has 2 aliphatic heterocycles. The number of carbonyl (C=O) groups excluding carboxylic acids is 8. The van der Waals surface area contributed by atoms with Crippen LogP contribution in [0.25, 0.3) is 0 Å². The van der Waals surface area contributed by atoms with Crippen molar-refractivity contribution >= 4 is 47.3 Å². The first-order valence-corrected chi connectivity index (χ1v) is 20.1. The Balaban J connectivity index is 1.69. The minimum Gasteiger partial charge on any atom is -0.351 e. The summed E-state index contributed by atoms with van der Waals surface area (Å²) >= 11 is 0. The predicted octanol–water partition coefficient (Wildman–Crippen LogP) is -3.01. The van der Waals surface area contributed by atoms with Crippen molar-refractivity contribution < 1.29 is 38.4 Å². The van der Waals surface area contributed by atoms with Crippen molar-refractivity contribution in [1.29, 1.82) is 0 Å². The second-order valence-electron chi connectivity index (χ2n) is 15.1.